The Hall–Kier alpha value is -2.62. The number of allylic oxidation sites excluding steroid dienone is 4. The van der Waals surface area contributed by atoms with Gasteiger partial charge in [-0.1, -0.05) is 67.6 Å². The summed E-state index contributed by atoms with van der Waals surface area (Å²) >= 11 is 0.194. The zero-order chi connectivity index (χ0) is 26.5. The standard InChI is InChI=1S/C31H31N3.2ClH.Fe/c1-20-11-10-12-21(2)30(20)32-22(3)28-17-18-29(34(28)5)23(4)33-31-26-15-8-6-13-24(26)19-25-14-7-9-16-27(25)31;;;/h6-11,13-19,21H,12H2,1-5H3;2*1H;/q;;;+2/p-2. The van der Waals surface area contributed by atoms with Crippen molar-refractivity contribution >= 4 is 58.9 Å². The Kier molecular flexibility index (Phi) is 9.10. The summed E-state index contributed by atoms with van der Waals surface area (Å²) in [5.41, 5.74) is 7.73. The monoisotopic (exact) mass is 571 g/mol. The summed E-state index contributed by atoms with van der Waals surface area (Å²) in [4.78, 5) is 10.2. The molecule has 1 aliphatic rings. The van der Waals surface area contributed by atoms with E-state index >= 15 is 0 Å². The second-order valence-electron chi connectivity index (χ2n) is 9.38. The van der Waals surface area contributed by atoms with Crippen LogP contribution in [0.2, 0.25) is 0 Å². The van der Waals surface area contributed by atoms with E-state index in [1.54, 1.807) is 0 Å². The van der Waals surface area contributed by atoms with Crippen LogP contribution in [-0.4, -0.2) is 16.0 Å². The van der Waals surface area contributed by atoms with E-state index in [-0.39, 0.29) is 13.1 Å². The fraction of sp³-hybridized carbons (Fsp3) is 0.226. The van der Waals surface area contributed by atoms with Gasteiger partial charge in [-0.2, -0.15) is 0 Å². The fourth-order valence-corrected chi connectivity index (χ4v) is 5.04. The molecule has 6 heteroatoms. The van der Waals surface area contributed by atoms with Crippen LogP contribution in [0.4, 0.5) is 5.69 Å². The van der Waals surface area contributed by atoms with E-state index in [9.17, 15) is 0 Å². The van der Waals surface area contributed by atoms with Crippen LogP contribution in [0.5, 0.6) is 0 Å². The van der Waals surface area contributed by atoms with E-state index in [1.165, 1.54) is 32.8 Å². The van der Waals surface area contributed by atoms with Gasteiger partial charge in [0.1, 0.15) is 0 Å². The molecule has 0 fully saturated rings. The van der Waals surface area contributed by atoms with Gasteiger partial charge in [0, 0.05) is 29.4 Å². The van der Waals surface area contributed by atoms with E-state index in [4.69, 9.17) is 30.2 Å². The Balaban J connectivity index is 0.00000102. The molecule has 192 valence electrons. The predicted molar refractivity (Wildman–Crippen MR) is 158 cm³/mol. The van der Waals surface area contributed by atoms with Gasteiger partial charge in [-0.25, -0.2) is 0 Å². The van der Waals surface area contributed by atoms with Crippen molar-refractivity contribution in [1.29, 1.82) is 0 Å². The van der Waals surface area contributed by atoms with Gasteiger partial charge >= 0.3 is 33.3 Å². The molecular formula is C31H31Cl2FeN3. The average Bonchev–Trinajstić information content (AvgIpc) is 3.28. The molecule has 4 aromatic rings. The Labute approximate surface area is 234 Å². The Morgan fingerprint density at radius 2 is 1.38 bits per heavy atom. The molecule has 0 N–H and O–H groups in total. The molecule has 5 rings (SSSR count). The number of aliphatic imine (C=N–C) groups is 2. The number of hydrogen-bond donors (Lipinski definition) is 0. The van der Waals surface area contributed by atoms with Crippen molar-refractivity contribution < 1.29 is 13.1 Å². The van der Waals surface area contributed by atoms with Gasteiger partial charge < -0.3 is 4.57 Å². The molecule has 0 spiro atoms. The van der Waals surface area contributed by atoms with Crippen LogP contribution in [0.15, 0.2) is 100 Å². The minimum atomic E-state index is 0.194. The third-order valence-electron chi connectivity index (χ3n) is 6.90. The first kappa shape index (κ1) is 27.4. The first-order valence-corrected chi connectivity index (χ1v) is 15.3. The molecule has 3 nitrogen and oxygen atoms in total. The van der Waals surface area contributed by atoms with Crippen LogP contribution in [-0.2, 0) is 20.2 Å². The van der Waals surface area contributed by atoms with Gasteiger partial charge in [-0.3, -0.25) is 9.98 Å². The molecule has 0 amide bonds. The topological polar surface area (TPSA) is 29.6 Å². The molecule has 0 bridgehead atoms. The van der Waals surface area contributed by atoms with Gasteiger partial charge in [0.05, 0.1) is 28.5 Å². The zero-order valence-corrected chi connectivity index (χ0v) is 24.4. The maximum atomic E-state index is 5.20. The molecule has 0 saturated carbocycles. The van der Waals surface area contributed by atoms with E-state index in [0.717, 1.165) is 34.9 Å². The van der Waals surface area contributed by atoms with Crippen LogP contribution in [0.25, 0.3) is 21.5 Å². The summed E-state index contributed by atoms with van der Waals surface area (Å²) in [7, 11) is 11.6. The number of fused-ring (bicyclic) bond motifs is 2. The number of aromatic nitrogens is 1. The number of hydrogen-bond acceptors (Lipinski definition) is 2. The zero-order valence-electron chi connectivity index (χ0n) is 21.7. The van der Waals surface area contributed by atoms with Crippen molar-refractivity contribution in [3.05, 3.63) is 102 Å². The van der Waals surface area contributed by atoms with Gasteiger partial charge in [-0.05, 0) is 61.7 Å². The van der Waals surface area contributed by atoms with Crippen molar-refractivity contribution in [2.24, 2.45) is 23.0 Å². The molecule has 37 heavy (non-hydrogen) atoms. The molecule has 1 aliphatic carbocycles. The van der Waals surface area contributed by atoms with Crippen molar-refractivity contribution in [2.75, 3.05) is 0 Å². The van der Waals surface area contributed by atoms with Gasteiger partial charge in [0.25, 0.3) is 0 Å². The molecule has 0 aliphatic heterocycles. The SMILES string of the molecule is CC(=NC1=C(C)C=CCC1C)c1ccc(C(C)=Nc2c3ccccc3cc3ccccc23)n1C.[Cl][Fe][Cl]. The summed E-state index contributed by atoms with van der Waals surface area (Å²) < 4.78 is 2.21. The van der Waals surface area contributed by atoms with Crippen molar-refractivity contribution in [1.82, 2.24) is 4.57 Å². The first-order valence-electron chi connectivity index (χ1n) is 12.3. The molecule has 1 unspecified atom stereocenters. The number of nitrogens with zero attached hydrogens (tertiary/aromatic N) is 3. The summed E-state index contributed by atoms with van der Waals surface area (Å²) in [6.45, 7) is 8.61. The summed E-state index contributed by atoms with van der Waals surface area (Å²) in [6.07, 6.45) is 5.48. The van der Waals surface area contributed by atoms with E-state index in [2.05, 4.69) is 118 Å². The van der Waals surface area contributed by atoms with Crippen molar-refractivity contribution in [3.8, 4) is 0 Å². The Morgan fingerprint density at radius 3 is 1.92 bits per heavy atom. The summed E-state index contributed by atoms with van der Waals surface area (Å²) in [5.74, 6) is 0.447. The summed E-state index contributed by atoms with van der Waals surface area (Å²) in [5, 5.41) is 4.77. The minimum absolute atomic E-state index is 0.194. The Morgan fingerprint density at radius 1 is 0.865 bits per heavy atom. The van der Waals surface area contributed by atoms with Gasteiger partial charge in [-0.15, -0.1) is 0 Å². The predicted octanol–water partition coefficient (Wildman–Crippen LogP) is 9.53. The van der Waals surface area contributed by atoms with Crippen molar-refractivity contribution in [3.63, 3.8) is 0 Å². The van der Waals surface area contributed by atoms with Crippen molar-refractivity contribution in [2.45, 2.75) is 34.1 Å². The average molecular weight is 572 g/mol. The number of rotatable bonds is 4. The van der Waals surface area contributed by atoms with Crippen LogP contribution in [0, 0.1) is 5.92 Å². The Bertz CT molecular complexity index is 1510. The quantitative estimate of drug-likeness (QED) is 0.133. The molecule has 1 aromatic heterocycles. The normalized spacial score (nSPS) is 16.5. The molecule has 0 saturated heterocycles. The van der Waals surface area contributed by atoms with E-state index in [0.29, 0.717) is 5.92 Å². The third-order valence-corrected chi connectivity index (χ3v) is 6.90. The van der Waals surface area contributed by atoms with E-state index < -0.39 is 0 Å². The fourth-order valence-electron chi connectivity index (χ4n) is 5.04. The van der Waals surface area contributed by atoms with Crippen LogP contribution in [0.1, 0.15) is 45.5 Å². The molecular weight excluding hydrogens is 541 g/mol. The summed E-state index contributed by atoms with van der Waals surface area (Å²) in [6, 6.07) is 23.6. The van der Waals surface area contributed by atoms with Crippen LogP contribution < -0.4 is 0 Å². The molecule has 1 atom stereocenters. The molecule has 0 radical (unpaired) electrons. The van der Waals surface area contributed by atoms with Crippen LogP contribution >= 0.6 is 20.2 Å². The van der Waals surface area contributed by atoms with Crippen LogP contribution in [0.3, 0.4) is 0 Å². The first-order chi connectivity index (χ1) is 17.8. The van der Waals surface area contributed by atoms with Gasteiger partial charge in [0.2, 0.25) is 0 Å². The molecule has 3 aromatic carbocycles. The second kappa shape index (κ2) is 12.3. The van der Waals surface area contributed by atoms with Gasteiger partial charge in [0.15, 0.2) is 0 Å². The maximum absolute atomic E-state index is 5.20. The van der Waals surface area contributed by atoms with E-state index in [1.807, 2.05) is 0 Å². The number of benzene rings is 3. The third kappa shape index (κ3) is 5.94. The molecule has 1 heterocycles. The number of halogens is 2. The second-order valence-corrected chi connectivity index (χ2v) is 11.2.